The molecule has 2 N–H and O–H groups in total. The Kier molecular flexibility index (Phi) is 3.25. The fourth-order valence-electron chi connectivity index (χ4n) is 6.09. The number of alkyl halides is 1. The van der Waals surface area contributed by atoms with Crippen molar-refractivity contribution in [2.24, 2.45) is 11.3 Å². The van der Waals surface area contributed by atoms with Crippen molar-refractivity contribution < 1.29 is 4.74 Å². The normalized spacial score (nSPS) is 41.6. The average Bonchev–Trinajstić information content (AvgIpc) is 3.36. The van der Waals surface area contributed by atoms with E-state index in [2.05, 4.69) is 62.5 Å². The number of ether oxygens (including phenoxy) is 1. The Morgan fingerprint density at radius 3 is 2.72 bits per heavy atom. The maximum atomic E-state index is 7.06. The van der Waals surface area contributed by atoms with Crippen molar-refractivity contribution in [1.29, 1.82) is 0 Å². The molecule has 2 aliphatic carbocycles. The maximum Gasteiger partial charge on any atom is 0.0892 e. The van der Waals surface area contributed by atoms with Crippen LogP contribution >= 0.6 is 11.6 Å². The van der Waals surface area contributed by atoms with Gasteiger partial charge in [0.25, 0.3) is 0 Å². The van der Waals surface area contributed by atoms with Crippen molar-refractivity contribution in [1.82, 2.24) is 10.3 Å². The number of benzene rings is 1. The number of aromatic amines is 1. The van der Waals surface area contributed by atoms with E-state index in [4.69, 9.17) is 16.3 Å². The van der Waals surface area contributed by atoms with Gasteiger partial charge in [0, 0.05) is 39.9 Å². The molecule has 0 bridgehead atoms. The summed E-state index contributed by atoms with van der Waals surface area (Å²) in [4.78, 5) is 3.53. The molecule has 6 atom stereocenters. The first-order valence-electron chi connectivity index (χ1n) is 9.44. The summed E-state index contributed by atoms with van der Waals surface area (Å²) < 4.78 is 5.78. The van der Waals surface area contributed by atoms with E-state index < -0.39 is 0 Å². The van der Waals surface area contributed by atoms with Crippen molar-refractivity contribution in [2.45, 2.75) is 56.0 Å². The van der Waals surface area contributed by atoms with E-state index in [1.54, 1.807) is 0 Å². The first-order valence-corrected chi connectivity index (χ1v) is 9.87. The second kappa shape index (κ2) is 5.03. The van der Waals surface area contributed by atoms with E-state index in [9.17, 15) is 0 Å². The minimum absolute atomic E-state index is 0.0383. The molecule has 1 saturated carbocycles. The Balaban J connectivity index is 1.76. The molecule has 1 aliphatic heterocycles. The molecule has 3 nitrogen and oxygen atoms in total. The van der Waals surface area contributed by atoms with E-state index >= 15 is 0 Å². The third-order valence-electron chi connectivity index (χ3n) is 7.65. The molecule has 1 aromatic carbocycles. The van der Waals surface area contributed by atoms with Gasteiger partial charge in [0.05, 0.1) is 12.7 Å². The van der Waals surface area contributed by atoms with Crippen LogP contribution in [-0.4, -0.2) is 36.2 Å². The Hall–Kier alpha value is -1.03. The molecule has 25 heavy (non-hydrogen) atoms. The number of H-pyrrole nitrogens is 1. The highest BCUT2D eigenvalue weighted by Gasteiger charge is 2.62. The Labute approximate surface area is 154 Å². The summed E-state index contributed by atoms with van der Waals surface area (Å²) in [5.41, 5.74) is 4.25. The van der Waals surface area contributed by atoms with Crippen LogP contribution in [-0.2, 0) is 10.2 Å². The largest absolute Gasteiger partial charge is 0.372 e. The van der Waals surface area contributed by atoms with Crippen LogP contribution in [0.3, 0.4) is 0 Å². The third kappa shape index (κ3) is 1.90. The second-order valence-electron chi connectivity index (χ2n) is 8.98. The highest BCUT2D eigenvalue weighted by atomic mass is 35.5. The molecule has 1 aromatic heterocycles. The van der Waals surface area contributed by atoms with Gasteiger partial charge >= 0.3 is 0 Å². The Morgan fingerprint density at radius 1 is 1.28 bits per heavy atom. The van der Waals surface area contributed by atoms with Crippen LogP contribution in [0.4, 0.5) is 0 Å². The van der Waals surface area contributed by atoms with Gasteiger partial charge in [-0.3, -0.25) is 0 Å². The molecular weight excluding hydrogens is 332 g/mol. The molecule has 2 aromatic rings. The lowest BCUT2D eigenvalue weighted by Crippen LogP contribution is -2.62. The topological polar surface area (TPSA) is 40.4 Å². The number of hydrogen-bond acceptors (Lipinski definition) is 2. The fraction of sp³-hybridized carbons (Fsp3) is 0.619. The number of halogens is 1. The molecule has 4 heteroatoms. The number of aromatic nitrogens is 1. The molecule has 0 spiro atoms. The van der Waals surface area contributed by atoms with Crippen molar-refractivity contribution in [3.63, 3.8) is 0 Å². The zero-order valence-corrected chi connectivity index (χ0v) is 16.2. The number of rotatable bonds is 2. The lowest BCUT2D eigenvalue weighted by Gasteiger charge is -2.57. The van der Waals surface area contributed by atoms with Gasteiger partial charge < -0.3 is 15.0 Å². The predicted octanol–water partition coefficient (Wildman–Crippen LogP) is 4.16. The monoisotopic (exact) mass is 358 g/mol. The first kappa shape index (κ1) is 16.2. The SMILES string of the molecule is CNC1C2c3c[nH]c4cccc(c34)C(C)(C)C2CC(Cl)C1(C)C1CO1. The lowest BCUT2D eigenvalue weighted by molar-refractivity contribution is 0.0382. The van der Waals surface area contributed by atoms with E-state index in [0.29, 0.717) is 17.9 Å². The minimum Gasteiger partial charge on any atom is -0.372 e. The van der Waals surface area contributed by atoms with E-state index in [1.165, 1.54) is 22.0 Å². The van der Waals surface area contributed by atoms with Gasteiger partial charge in [-0.15, -0.1) is 11.6 Å². The van der Waals surface area contributed by atoms with Crippen molar-refractivity contribution in [2.75, 3.05) is 13.7 Å². The van der Waals surface area contributed by atoms with Crippen LogP contribution in [0.1, 0.15) is 44.2 Å². The number of hydrogen-bond donors (Lipinski definition) is 2. The molecule has 5 rings (SSSR count). The zero-order chi connectivity index (χ0) is 17.6. The minimum atomic E-state index is -0.0383. The summed E-state index contributed by atoms with van der Waals surface area (Å²) >= 11 is 7.06. The quantitative estimate of drug-likeness (QED) is 0.625. The van der Waals surface area contributed by atoms with Gasteiger partial charge in [-0.05, 0) is 42.0 Å². The summed E-state index contributed by atoms with van der Waals surface area (Å²) in [6.07, 6.45) is 3.56. The second-order valence-corrected chi connectivity index (χ2v) is 9.51. The average molecular weight is 359 g/mol. The number of likely N-dealkylation sites (N-methyl/N-ethyl adjacent to an activating group) is 1. The summed E-state index contributed by atoms with van der Waals surface area (Å²) in [7, 11) is 2.09. The highest BCUT2D eigenvalue weighted by Crippen LogP contribution is 2.61. The van der Waals surface area contributed by atoms with Crippen LogP contribution in [0.2, 0.25) is 0 Å². The molecule has 3 aliphatic rings. The van der Waals surface area contributed by atoms with E-state index in [0.717, 1.165) is 13.0 Å². The molecule has 2 heterocycles. The van der Waals surface area contributed by atoms with Gasteiger partial charge in [0.15, 0.2) is 0 Å². The van der Waals surface area contributed by atoms with Crippen LogP contribution in [0, 0.1) is 11.3 Å². The number of nitrogens with one attached hydrogen (secondary N) is 2. The molecule has 134 valence electrons. The zero-order valence-electron chi connectivity index (χ0n) is 15.4. The van der Waals surface area contributed by atoms with Gasteiger partial charge in [-0.1, -0.05) is 32.9 Å². The van der Waals surface area contributed by atoms with Gasteiger partial charge in [0.2, 0.25) is 0 Å². The third-order valence-corrected chi connectivity index (χ3v) is 8.30. The van der Waals surface area contributed by atoms with Crippen molar-refractivity contribution >= 4 is 22.5 Å². The summed E-state index contributed by atoms with van der Waals surface area (Å²) in [6.45, 7) is 7.99. The molecule has 0 radical (unpaired) electrons. The van der Waals surface area contributed by atoms with Gasteiger partial charge in [-0.25, -0.2) is 0 Å². The predicted molar refractivity (Wildman–Crippen MR) is 103 cm³/mol. The summed E-state index contributed by atoms with van der Waals surface area (Å²) in [6, 6.07) is 7.00. The molecule has 1 saturated heterocycles. The van der Waals surface area contributed by atoms with E-state index in [1.807, 2.05) is 0 Å². The van der Waals surface area contributed by atoms with Gasteiger partial charge in [0.1, 0.15) is 0 Å². The smallest absolute Gasteiger partial charge is 0.0892 e. The lowest BCUT2D eigenvalue weighted by atomic mass is 9.50. The highest BCUT2D eigenvalue weighted by molar-refractivity contribution is 6.21. The van der Waals surface area contributed by atoms with Crippen LogP contribution in [0.15, 0.2) is 24.4 Å². The van der Waals surface area contributed by atoms with Crippen molar-refractivity contribution in [3.8, 4) is 0 Å². The molecule has 2 fully saturated rings. The van der Waals surface area contributed by atoms with Crippen LogP contribution < -0.4 is 5.32 Å². The van der Waals surface area contributed by atoms with Gasteiger partial charge in [-0.2, -0.15) is 0 Å². The number of fused-ring (bicyclic) bond motifs is 2. The summed E-state index contributed by atoms with van der Waals surface area (Å²) in [5, 5.41) is 5.22. The molecular formula is C21H27ClN2O. The summed E-state index contributed by atoms with van der Waals surface area (Å²) in [5.74, 6) is 0.973. The standard InChI is InChI=1S/C21H27ClN2O/c1-20(2)12-6-5-7-14-17(12)11(9-24-14)18-13(20)8-15(22)21(3,16-10-25-16)19(18)23-4/h5-7,9,13,15-16,18-19,23-24H,8,10H2,1-4H3. The Bertz CT molecular complexity index is 840. The first-order chi connectivity index (χ1) is 11.9. The molecule has 0 amide bonds. The molecule has 6 unspecified atom stereocenters. The Morgan fingerprint density at radius 2 is 2.04 bits per heavy atom. The van der Waals surface area contributed by atoms with Crippen LogP contribution in [0.25, 0.3) is 10.9 Å². The maximum absolute atomic E-state index is 7.06. The van der Waals surface area contributed by atoms with Crippen molar-refractivity contribution in [3.05, 3.63) is 35.5 Å². The number of epoxide rings is 1. The van der Waals surface area contributed by atoms with E-state index in [-0.39, 0.29) is 22.3 Å². The fourth-order valence-corrected chi connectivity index (χ4v) is 6.56. The van der Waals surface area contributed by atoms with Crippen LogP contribution in [0.5, 0.6) is 0 Å².